The summed E-state index contributed by atoms with van der Waals surface area (Å²) in [6.07, 6.45) is 0. The van der Waals surface area contributed by atoms with E-state index in [-0.39, 0.29) is 11.8 Å². The summed E-state index contributed by atoms with van der Waals surface area (Å²) < 4.78 is 10.8. The highest BCUT2D eigenvalue weighted by Crippen LogP contribution is 2.29. The van der Waals surface area contributed by atoms with Crippen LogP contribution in [0.15, 0.2) is 78.9 Å². The summed E-state index contributed by atoms with van der Waals surface area (Å²) in [6.45, 7) is 3.96. The van der Waals surface area contributed by atoms with Crippen LogP contribution in [0.25, 0.3) is 0 Å². The molecule has 3 aromatic rings. The molecule has 1 aliphatic heterocycles. The fourth-order valence-corrected chi connectivity index (χ4v) is 4.31. The molecule has 1 heterocycles. The van der Waals surface area contributed by atoms with Gasteiger partial charge in [-0.05, 0) is 28.8 Å². The number of methoxy groups -OCH3 is 2. The number of ether oxygens (including phenoxy) is 2. The second-order valence-electron chi connectivity index (χ2n) is 8.05. The maximum Gasteiger partial charge on any atom is 0.234 e. The average Bonchev–Trinajstić information content (AvgIpc) is 2.86. The zero-order valence-corrected chi connectivity index (χ0v) is 18.7. The van der Waals surface area contributed by atoms with E-state index in [0.717, 1.165) is 55.3 Å². The number of hydrogen-bond acceptors (Lipinski definition) is 4. The predicted octanol–water partition coefficient (Wildman–Crippen LogP) is 4.18. The normalized spacial score (nSPS) is 14.4. The predicted molar refractivity (Wildman–Crippen MR) is 126 cm³/mol. The lowest BCUT2D eigenvalue weighted by Gasteiger charge is -2.36. The van der Waals surface area contributed by atoms with E-state index in [1.165, 1.54) is 5.56 Å². The van der Waals surface area contributed by atoms with E-state index in [0.29, 0.717) is 0 Å². The summed E-state index contributed by atoms with van der Waals surface area (Å²) in [5, 5.41) is 0. The lowest BCUT2D eigenvalue weighted by atomic mass is 9.90. The van der Waals surface area contributed by atoms with Gasteiger partial charge in [0.15, 0.2) is 11.5 Å². The highest BCUT2D eigenvalue weighted by molar-refractivity contribution is 5.87. The second-order valence-corrected chi connectivity index (χ2v) is 8.05. The van der Waals surface area contributed by atoms with Crippen molar-refractivity contribution in [2.45, 2.75) is 12.5 Å². The number of amides is 1. The van der Waals surface area contributed by atoms with Crippen LogP contribution in [0.4, 0.5) is 0 Å². The highest BCUT2D eigenvalue weighted by Gasteiger charge is 2.29. The first-order valence-electron chi connectivity index (χ1n) is 11.0. The minimum absolute atomic E-state index is 0.174. The molecule has 5 heteroatoms. The van der Waals surface area contributed by atoms with Crippen LogP contribution in [0.5, 0.6) is 11.5 Å². The Morgan fingerprint density at radius 1 is 0.781 bits per heavy atom. The maximum absolute atomic E-state index is 13.6. The summed E-state index contributed by atoms with van der Waals surface area (Å²) in [5.41, 5.74) is 3.25. The first kappa shape index (κ1) is 21.9. The number of carbonyl (C=O) groups is 1. The Labute approximate surface area is 190 Å². The van der Waals surface area contributed by atoms with E-state index in [1.54, 1.807) is 14.2 Å². The van der Waals surface area contributed by atoms with Crippen LogP contribution in [0.3, 0.4) is 0 Å². The molecular formula is C27H30N2O3. The van der Waals surface area contributed by atoms with Gasteiger partial charge >= 0.3 is 0 Å². The van der Waals surface area contributed by atoms with Gasteiger partial charge in [0.25, 0.3) is 0 Å². The molecule has 166 valence electrons. The van der Waals surface area contributed by atoms with Crippen molar-refractivity contribution in [1.29, 1.82) is 0 Å². The summed E-state index contributed by atoms with van der Waals surface area (Å²) >= 11 is 0. The highest BCUT2D eigenvalue weighted by atomic mass is 16.5. The van der Waals surface area contributed by atoms with Crippen molar-refractivity contribution >= 4 is 5.91 Å². The molecule has 0 atom stereocenters. The van der Waals surface area contributed by atoms with Gasteiger partial charge in [-0.1, -0.05) is 66.7 Å². The van der Waals surface area contributed by atoms with Gasteiger partial charge in [-0.15, -0.1) is 0 Å². The quantitative estimate of drug-likeness (QED) is 0.564. The first-order valence-corrected chi connectivity index (χ1v) is 11.0. The number of piperazine rings is 1. The lowest BCUT2D eigenvalue weighted by molar-refractivity contribution is -0.133. The van der Waals surface area contributed by atoms with Crippen molar-refractivity contribution in [2.75, 3.05) is 40.4 Å². The molecule has 0 bridgehead atoms. The van der Waals surface area contributed by atoms with E-state index in [2.05, 4.69) is 11.0 Å². The summed E-state index contributed by atoms with van der Waals surface area (Å²) in [5.74, 6) is 1.38. The van der Waals surface area contributed by atoms with Gasteiger partial charge in [-0.2, -0.15) is 0 Å². The minimum atomic E-state index is -0.269. The van der Waals surface area contributed by atoms with Crippen molar-refractivity contribution < 1.29 is 14.3 Å². The van der Waals surface area contributed by atoms with Gasteiger partial charge in [0.1, 0.15) is 0 Å². The van der Waals surface area contributed by atoms with Gasteiger partial charge in [-0.25, -0.2) is 0 Å². The number of carbonyl (C=O) groups excluding carboxylic acids is 1. The van der Waals surface area contributed by atoms with Gasteiger partial charge in [0.2, 0.25) is 5.91 Å². The molecule has 1 amide bonds. The number of rotatable bonds is 7. The number of benzene rings is 3. The van der Waals surface area contributed by atoms with Crippen molar-refractivity contribution in [2.24, 2.45) is 0 Å². The molecule has 32 heavy (non-hydrogen) atoms. The Kier molecular flexibility index (Phi) is 7.07. The summed E-state index contributed by atoms with van der Waals surface area (Å²) in [7, 11) is 3.30. The molecule has 1 aliphatic rings. The molecule has 0 aromatic heterocycles. The average molecular weight is 431 g/mol. The standard InChI is InChI=1S/C27H30N2O3/c1-31-24-14-13-21(19-25(24)32-2)20-28-15-17-29(18-16-28)27(30)26(22-9-5-3-6-10-22)23-11-7-4-8-12-23/h3-14,19,26H,15-18,20H2,1-2H3. The first-order chi connectivity index (χ1) is 15.7. The Balaban J connectivity index is 1.43. The summed E-state index contributed by atoms with van der Waals surface area (Å²) in [4.78, 5) is 18.0. The third-order valence-corrected chi connectivity index (χ3v) is 6.05. The zero-order valence-electron chi connectivity index (χ0n) is 18.7. The van der Waals surface area contributed by atoms with Gasteiger partial charge in [0, 0.05) is 32.7 Å². The molecular weight excluding hydrogens is 400 g/mol. The molecule has 1 saturated heterocycles. The third kappa shape index (κ3) is 4.94. The number of nitrogens with zero attached hydrogens (tertiary/aromatic N) is 2. The van der Waals surface area contributed by atoms with E-state index < -0.39 is 0 Å². The Morgan fingerprint density at radius 2 is 1.34 bits per heavy atom. The molecule has 0 spiro atoms. The van der Waals surface area contributed by atoms with E-state index >= 15 is 0 Å². The van der Waals surface area contributed by atoms with Crippen molar-refractivity contribution in [3.05, 3.63) is 95.6 Å². The van der Waals surface area contributed by atoms with Crippen molar-refractivity contribution in [3.8, 4) is 11.5 Å². The van der Waals surface area contributed by atoms with Crippen LogP contribution >= 0.6 is 0 Å². The van der Waals surface area contributed by atoms with E-state index in [9.17, 15) is 4.79 Å². The smallest absolute Gasteiger partial charge is 0.234 e. The SMILES string of the molecule is COc1ccc(CN2CCN(C(=O)C(c3ccccc3)c3ccccc3)CC2)cc1OC. The van der Waals surface area contributed by atoms with Crippen LogP contribution in [0.1, 0.15) is 22.6 Å². The molecule has 0 saturated carbocycles. The molecule has 0 radical (unpaired) electrons. The Hall–Kier alpha value is -3.31. The molecule has 0 N–H and O–H groups in total. The molecule has 3 aromatic carbocycles. The Bertz CT molecular complexity index is 976. The fraction of sp³-hybridized carbons (Fsp3) is 0.296. The number of hydrogen-bond donors (Lipinski definition) is 0. The van der Waals surface area contributed by atoms with Crippen LogP contribution in [0, 0.1) is 0 Å². The third-order valence-electron chi connectivity index (χ3n) is 6.05. The minimum Gasteiger partial charge on any atom is -0.493 e. The van der Waals surface area contributed by atoms with Crippen molar-refractivity contribution in [3.63, 3.8) is 0 Å². The van der Waals surface area contributed by atoms with Crippen LogP contribution in [-0.4, -0.2) is 56.1 Å². The van der Waals surface area contributed by atoms with E-state index in [4.69, 9.17) is 9.47 Å². The molecule has 4 rings (SSSR count). The van der Waals surface area contributed by atoms with Crippen LogP contribution in [-0.2, 0) is 11.3 Å². The Morgan fingerprint density at radius 3 is 1.88 bits per heavy atom. The van der Waals surface area contributed by atoms with Gasteiger partial charge in [-0.3, -0.25) is 9.69 Å². The molecule has 0 aliphatic carbocycles. The van der Waals surface area contributed by atoms with Gasteiger partial charge < -0.3 is 14.4 Å². The molecule has 1 fully saturated rings. The van der Waals surface area contributed by atoms with E-state index in [1.807, 2.05) is 77.7 Å². The zero-order chi connectivity index (χ0) is 22.3. The molecule has 5 nitrogen and oxygen atoms in total. The van der Waals surface area contributed by atoms with Gasteiger partial charge in [0.05, 0.1) is 20.1 Å². The van der Waals surface area contributed by atoms with Crippen LogP contribution < -0.4 is 9.47 Å². The van der Waals surface area contributed by atoms with Crippen LogP contribution in [0.2, 0.25) is 0 Å². The summed E-state index contributed by atoms with van der Waals surface area (Å²) in [6, 6.07) is 26.2. The maximum atomic E-state index is 13.6. The second kappa shape index (κ2) is 10.3. The topological polar surface area (TPSA) is 42.0 Å². The fourth-order valence-electron chi connectivity index (χ4n) is 4.31. The monoisotopic (exact) mass is 430 g/mol. The van der Waals surface area contributed by atoms with Crippen molar-refractivity contribution in [1.82, 2.24) is 9.80 Å². The largest absolute Gasteiger partial charge is 0.493 e. The molecule has 0 unspecified atom stereocenters. The lowest BCUT2D eigenvalue weighted by Crippen LogP contribution is -2.49.